The minimum atomic E-state index is -1.85. The van der Waals surface area contributed by atoms with Gasteiger partial charge in [0.05, 0.1) is 6.10 Å². The molecule has 27 heavy (non-hydrogen) atoms. The van der Waals surface area contributed by atoms with Crippen LogP contribution in [0.15, 0.2) is 11.6 Å². The van der Waals surface area contributed by atoms with Gasteiger partial charge in [-0.3, -0.25) is 9.59 Å². The van der Waals surface area contributed by atoms with Gasteiger partial charge in [-0.2, -0.15) is 0 Å². The summed E-state index contributed by atoms with van der Waals surface area (Å²) in [5.74, 6) is -0.974. The normalized spacial score (nSPS) is 54.6. The number of carbonyl (C=O) groups excluding carboxylic acids is 2. The Morgan fingerprint density at radius 1 is 1.30 bits per heavy atom. The number of allylic oxidation sites excluding steroid dienone is 1. The second-order valence-electron chi connectivity index (χ2n) is 9.83. The van der Waals surface area contributed by atoms with Crippen LogP contribution >= 0.6 is 12.6 Å². The molecule has 0 unspecified atom stereocenters. The summed E-state index contributed by atoms with van der Waals surface area (Å²) in [4.78, 5) is 24.2. The van der Waals surface area contributed by atoms with Gasteiger partial charge in [-0.05, 0) is 50.0 Å². The lowest BCUT2D eigenvalue weighted by atomic mass is 9.44. The first-order chi connectivity index (χ1) is 12.4. The lowest BCUT2D eigenvalue weighted by Crippen LogP contribution is -2.69. The van der Waals surface area contributed by atoms with Crippen molar-refractivity contribution in [3.63, 3.8) is 0 Å². The lowest BCUT2D eigenvalue weighted by Gasteiger charge is -2.63. The molecule has 0 aromatic rings. The van der Waals surface area contributed by atoms with E-state index in [4.69, 9.17) is 0 Å². The number of aliphatic hydroxyl groups excluding tert-OH is 1. The molecule has 0 aliphatic heterocycles. The van der Waals surface area contributed by atoms with Crippen molar-refractivity contribution >= 4 is 23.5 Å². The van der Waals surface area contributed by atoms with E-state index in [2.05, 4.69) is 12.6 Å². The molecule has 0 aromatic heterocycles. The largest absolute Gasteiger partial charge is 0.390 e. The third kappa shape index (κ3) is 2.07. The zero-order chi connectivity index (χ0) is 20.0. The molecule has 0 saturated heterocycles. The molecule has 4 nitrogen and oxygen atoms in total. The van der Waals surface area contributed by atoms with Crippen molar-refractivity contribution in [2.75, 3.05) is 0 Å². The summed E-state index contributed by atoms with van der Waals surface area (Å²) in [6.45, 7) is 5.48. The average Bonchev–Trinajstić information content (AvgIpc) is 2.79. The Morgan fingerprint density at radius 3 is 2.59 bits per heavy atom. The van der Waals surface area contributed by atoms with Crippen molar-refractivity contribution in [1.29, 1.82) is 0 Å². The van der Waals surface area contributed by atoms with E-state index in [1.165, 1.54) is 0 Å². The molecule has 0 aromatic carbocycles. The second-order valence-corrected chi connectivity index (χ2v) is 10.2. The number of alkyl halides is 1. The summed E-state index contributed by atoms with van der Waals surface area (Å²) < 4.78 is 16.9. The van der Waals surface area contributed by atoms with Crippen molar-refractivity contribution < 1.29 is 24.2 Å². The van der Waals surface area contributed by atoms with Crippen LogP contribution < -0.4 is 0 Å². The molecule has 8 atom stereocenters. The minimum Gasteiger partial charge on any atom is -0.390 e. The van der Waals surface area contributed by atoms with E-state index in [-0.39, 0.29) is 24.0 Å². The van der Waals surface area contributed by atoms with E-state index in [9.17, 15) is 19.8 Å². The first-order valence-corrected chi connectivity index (χ1v) is 10.4. The molecule has 0 bridgehead atoms. The molecule has 0 heterocycles. The summed E-state index contributed by atoms with van der Waals surface area (Å²) in [6, 6.07) is 0. The third-order valence-corrected chi connectivity index (χ3v) is 9.29. The minimum absolute atomic E-state index is 0.0224. The number of fused-ring (bicyclic) bond motifs is 5. The Hall–Kier alpha value is -0.720. The van der Waals surface area contributed by atoms with E-state index in [0.29, 0.717) is 32.1 Å². The fraction of sp³-hybridized carbons (Fsp3) is 0.810. The molecule has 150 valence electrons. The van der Waals surface area contributed by atoms with Crippen LogP contribution in [0.5, 0.6) is 0 Å². The molecule has 0 spiro atoms. The van der Waals surface area contributed by atoms with Gasteiger partial charge in [0, 0.05) is 23.2 Å². The Bertz CT molecular complexity index is 752. The molecule has 4 rings (SSSR count). The maximum atomic E-state index is 16.9. The summed E-state index contributed by atoms with van der Waals surface area (Å²) in [5.41, 5.74) is -4.49. The summed E-state index contributed by atoms with van der Waals surface area (Å²) in [6.07, 6.45) is 2.69. The van der Waals surface area contributed by atoms with Gasteiger partial charge in [-0.1, -0.05) is 26.3 Å². The van der Waals surface area contributed by atoms with Gasteiger partial charge in [0.1, 0.15) is 11.3 Å². The number of hydrogen-bond acceptors (Lipinski definition) is 4. The van der Waals surface area contributed by atoms with E-state index in [1.54, 1.807) is 6.08 Å². The molecule has 4 aliphatic rings. The maximum absolute atomic E-state index is 16.9. The van der Waals surface area contributed by atoms with Gasteiger partial charge in [0.2, 0.25) is 5.12 Å². The Morgan fingerprint density at radius 2 is 1.96 bits per heavy atom. The van der Waals surface area contributed by atoms with Gasteiger partial charge >= 0.3 is 0 Å². The van der Waals surface area contributed by atoms with Gasteiger partial charge < -0.3 is 10.2 Å². The molecule has 6 heteroatoms. The SMILES string of the molecule is C[C@@H]1C[C@H]2[C@@H]3CCC4=CC(=O)CC[C@]4(C)[C@@]3(F)[C@@H](O)C[C@]2(C)[C@@]1(O)C(=O)S. The number of carbonyl (C=O) groups is 2. The zero-order valence-electron chi connectivity index (χ0n) is 16.2. The van der Waals surface area contributed by atoms with Crippen LogP contribution in [-0.2, 0) is 9.59 Å². The molecule has 4 aliphatic carbocycles. The van der Waals surface area contributed by atoms with Crippen molar-refractivity contribution in [1.82, 2.24) is 0 Å². The van der Waals surface area contributed by atoms with E-state index in [1.807, 2.05) is 20.8 Å². The monoisotopic (exact) mass is 396 g/mol. The van der Waals surface area contributed by atoms with Crippen LogP contribution in [0.3, 0.4) is 0 Å². The Labute approximate surface area is 165 Å². The highest BCUT2D eigenvalue weighted by Crippen LogP contribution is 2.71. The number of hydrogen-bond donors (Lipinski definition) is 3. The number of ketones is 1. The number of rotatable bonds is 1. The average molecular weight is 397 g/mol. The first-order valence-electron chi connectivity index (χ1n) is 9.99. The predicted octanol–water partition coefficient (Wildman–Crippen LogP) is 3.01. The van der Waals surface area contributed by atoms with Crippen molar-refractivity contribution in [2.24, 2.45) is 28.6 Å². The van der Waals surface area contributed by atoms with Crippen LogP contribution in [0, 0.1) is 28.6 Å². The van der Waals surface area contributed by atoms with Crippen LogP contribution in [0.1, 0.15) is 59.3 Å². The van der Waals surface area contributed by atoms with Crippen molar-refractivity contribution in [2.45, 2.75) is 76.7 Å². The smallest absolute Gasteiger partial charge is 0.218 e. The number of thiol groups is 1. The highest BCUT2D eigenvalue weighted by Gasteiger charge is 2.75. The fourth-order valence-electron chi connectivity index (χ4n) is 7.36. The number of aliphatic hydroxyl groups is 2. The van der Waals surface area contributed by atoms with Gasteiger partial charge in [0.25, 0.3) is 0 Å². The predicted molar refractivity (Wildman–Crippen MR) is 102 cm³/mol. The molecule has 2 N–H and O–H groups in total. The summed E-state index contributed by atoms with van der Waals surface area (Å²) in [5, 5.41) is 21.8. The standard InChI is InChI=1S/C21H29FO4S/c1-11-8-15-14-5-4-12-9-13(23)6-7-18(12,2)20(14,22)16(24)10-19(15,3)21(11,26)17(25)27/h9,11,14-16,24,26H,4-8,10H2,1-3H3,(H,25,27)/t11-,14+,15+,16+,18+,19+,20+,21+/m1/s1. The fourth-order valence-corrected chi connectivity index (χ4v) is 7.84. The van der Waals surface area contributed by atoms with Crippen LogP contribution in [0.4, 0.5) is 4.39 Å². The van der Waals surface area contributed by atoms with Crippen LogP contribution in [-0.4, -0.2) is 38.5 Å². The molecule has 0 radical (unpaired) electrons. The Kier molecular flexibility index (Phi) is 4.11. The summed E-state index contributed by atoms with van der Waals surface area (Å²) >= 11 is 3.97. The zero-order valence-corrected chi connectivity index (χ0v) is 17.1. The quantitative estimate of drug-likeness (QED) is 0.596. The highest BCUT2D eigenvalue weighted by atomic mass is 32.1. The topological polar surface area (TPSA) is 74.6 Å². The maximum Gasteiger partial charge on any atom is 0.218 e. The van der Waals surface area contributed by atoms with Gasteiger partial charge in [-0.25, -0.2) is 4.39 Å². The number of halogens is 1. The first kappa shape index (κ1) is 19.6. The molecule has 3 saturated carbocycles. The van der Waals surface area contributed by atoms with Gasteiger partial charge in [-0.15, -0.1) is 12.6 Å². The van der Waals surface area contributed by atoms with E-state index < -0.39 is 39.2 Å². The van der Waals surface area contributed by atoms with E-state index >= 15 is 4.39 Å². The Balaban J connectivity index is 1.84. The van der Waals surface area contributed by atoms with Crippen molar-refractivity contribution in [3.05, 3.63) is 11.6 Å². The van der Waals surface area contributed by atoms with Crippen molar-refractivity contribution in [3.8, 4) is 0 Å². The third-order valence-electron chi connectivity index (χ3n) is 8.95. The molecule has 0 amide bonds. The highest BCUT2D eigenvalue weighted by molar-refractivity contribution is 7.96. The molecule has 3 fully saturated rings. The van der Waals surface area contributed by atoms with E-state index in [0.717, 1.165) is 5.57 Å². The van der Waals surface area contributed by atoms with Gasteiger partial charge in [0.15, 0.2) is 5.78 Å². The second kappa shape index (κ2) is 5.67. The lowest BCUT2D eigenvalue weighted by molar-refractivity contribution is -0.226. The molecular formula is C21H29FO4S. The summed E-state index contributed by atoms with van der Waals surface area (Å²) in [7, 11) is 0. The molecular weight excluding hydrogens is 367 g/mol. The van der Waals surface area contributed by atoms with Crippen LogP contribution in [0.2, 0.25) is 0 Å². The van der Waals surface area contributed by atoms with Crippen LogP contribution in [0.25, 0.3) is 0 Å².